The molecular formula is C19H22N2O. The van der Waals surface area contributed by atoms with Gasteiger partial charge in [-0.2, -0.15) is 0 Å². The van der Waals surface area contributed by atoms with Crippen molar-refractivity contribution in [1.29, 1.82) is 0 Å². The quantitative estimate of drug-likeness (QED) is 0.836. The number of carbonyl (C=O) groups excluding carboxylic acids is 1. The number of benzene rings is 1. The summed E-state index contributed by atoms with van der Waals surface area (Å²) in [4.78, 5) is 18.2. The number of para-hydroxylation sites is 1. The Morgan fingerprint density at radius 3 is 3.00 bits per heavy atom. The molecule has 3 nitrogen and oxygen atoms in total. The minimum Gasteiger partial charge on any atom is -0.356 e. The maximum absolute atomic E-state index is 12.5. The van der Waals surface area contributed by atoms with Crippen LogP contribution in [-0.4, -0.2) is 22.3 Å². The van der Waals surface area contributed by atoms with Gasteiger partial charge in [-0.3, -0.25) is 4.79 Å². The first-order chi connectivity index (χ1) is 10.7. The SMILES string of the molecule is C=C[C@]1(CC)CCC(=O)N2CCc3c([nH]c4ccccc34)[C@@H]21. The molecule has 3 heterocycles. The van der Waals surface area contributed by atoms with Crippen molar-refractivity contribution < 1.29 is 4.79 Å². The molecule has 1 N–H and O–H groups in total. The van der Waals surface area contributed by atoms with E-state index in [1.807, 2.05) is 0 Å². The van der Waals surface area contributed by atoms with Crippen LogP contribution in [0.15, 0.2) is 36.9 Å². The standard InChI is InChI=1S/C19H22N2O/c1-3-19(4-2)11-9-16(22)21-12-10-14-13-7-5-6-8-15(13)20-17(14)18(19)21/h3,5-8,18,20H,1,4,9-12H2,2H3/t18-,19+/m1/s1. The first kappa shape index (κ1) is 13.6. The normalized spacial score (nSPS) is 27.6. The topological polar surface area (TPSA) is 36.1 Å². The Kier molecular flexibility index (Phi) is 2.93. The predicted octanol–water partition coefficient (Wildman–Crippen LogP) is 3.97. The van der Waals surface area contributed by atoms with Crippen LogP contribution in [0.1, 0.15) is 43.5 Å². The molecule has 0 unspecified atom stereocenters. The molecule has 2 aliphatic heterocycles. The number of aromatic nitrogens is 1. The number of carbonyl (C=O) groups is 1. The Balaban J connectivity index is 1.95. The molecule has 2 atom stereocenters. The van der Waals surface area contributed by atoms with E-state index < -0.39 is 0 Å². The number of nitrogens with one attached hydrogen (secondary N) is 1. The van der Waals surface area contributed by atoms with E-state index in [0.29, 0.717) is 12.3 Å². The fourth-order valence-corrected chi connectivity index (χ4v) is 4.46. The van der Waals surface area contributed by atoms with Gasteiger partial charge >= 0.3 is 0 Å². The summed E-state index contributed by atoms with van der Waals surface area (Å²) >= 11 is 0. The van der Waals surface area contributed by atoms with E-state index in [0.717, 1.165) is 25.8 Å². The summed E-state index contributed by atoms with van der Waals surface area (Å²) in [6.07, 6.45) is 5.60. The van der Waals surface area contributed by atoms with Gasteiger partial charge < -0.3 is 9.88 Å². The largest absolute Gasteiger partial charge is 0.356 e. The second-order valence-electron chi connectivity index (χ2n) is 6.59. The Hall–Kier alpha value is -2.03. The summed E-state index contributed by atoms with van der Waals surface area (Å²) in [5, 5.41) is 1.31. The number of amides is 1. The highest BCUT2D eigenvalue weighted by Gasteiger charge is 2.48. The molecule has 114 valence electrons. The van der Waals surface area contributed by atoms with Gasteiger partial charge in [0.2, 0.25) is 5.91 Å². The smallest absolute Gasteiger partial charge is 0.223 e. The van der Waals surface area contributed by atoms with Crippen LogP contribution >= 0.6 is 0 Å². The second kappa shape index (κ2) is 4.73. The van der Waals surface area contributed by atoms with E-state index in [1.165, 1.54) is 22.2 Å². The highest BCUT2D eigenvalue weighted by atomic mass is 16.2. The van der Waals surface area contributed by atoms with Gasteiger partial charge in [0.05, 0.1) is 6.04 Å². The van der Waals surface area contributed by atoms with Crippen LogP contribution in [0.5, 0.6) is 0 Å². The summed E-state index contributed by atoms with van der Waals surface area (Å²) in [7, 11) is 0. The molecule has 1 saturated heterocycles. The number of nitrogens with zero attached hydrogens (tertiary/aromatic N) is 1. The lowest BCUT2D eigenvalue weighted by atomic mass is 9.68. The van der Waals surface area contributed by atoms with Gasteiger partial charge in [0, 0.05) is 35.0 Å². The number of rotatable bonds is 2. The first-order valence-corrected chi connectivity index (χ1v) is 8.23. The molecule has 1 fully saturated rings. The monoisotopic (exact) mass is 294 g/mol. The molecule has 1 amide bonds. The van der Waals surface area contributed by atoms with E-state index in [-0.39, 0.29) is 11.5 Å². The molecular weight excluding hydrogens is 272 g/mol. The second-order valence-corrected chi connectivity index (χ2v) is 6.59. The number of hydrogen-bond acceptors (Lipinski definition) is 1. The molecule has 2 aliphatic rings. The van der Waals surface area contributed by atoms with Gasteiger partial charge in [-0.1, -0.05) is 31.2 Å². The van der Waals surface area contributed by atoms with Crippen LogP contribution in [0.25, 0.3) is 10.9 Å². The zero-order valence-corrected chi connectivity index (χ0v) is 13.1. The molecule has 4 rings (SSSR count). The minimum absolute atomic E-state index is 0.00996. The van der Waals surface area contributed by atoms with Crippen molar-refractivity contribution in [1.82, 2.24) is 9.88 Å². The van der Waals surface area contributed by atoms with Crippen molar-refractivity contribution in [2.45, 2.75) is 38.6 Å². The van der Waals surface area contributed by atoms with Crippen molar-refractivity contribution >= 4 is 16.8 Å². The van der Waals surface area contributed by atoms with E-state index in [1.54, 1.807) is 0 Å². The molecule has 0 saturated carbocycles. The number of fused-ring (bicyclic) bond motifs is 5. The van der Waals surface area contributed by atoms with Gasteiger partial charge in [-0.25, -0.2) is 0 Å². The molecule has 1 aromatic heterocycles. The van der Waals surface area contributed by atoms with E-state index in [4.69, 9.17) is 0 Å². The van der Waals surface area contributed by atoms with Gasteiger partial charge in [0.1, 0.15) is 0 Å². The van der Waals surface area contributed by atoms with Gasteiger partial charge in [-0.15, -0.1) is 6.58 Å². The average molecular weight is 294 g/mol. The highest BCUT2D eigenvalue weighted by Crippen LogP contribution is 2.52. The van der Waals surface area contributed by atoms with Crippen molar-refractivity contribution in [2.75, 3.05) is 6.54 Å². The van der Waals surface area contributed by atoms with E-state index >= 15 is 0 Å². The third kappa shape index (κ3) is 1.65. The zero-order chi connectivity index (χ0) is 15.3. The van der Waals surface area contributed by atoms with E-state index in [2.05, 4.69) is 53.7 Å². The van der Waals surface area contributed by atoms with Crippen LogP contribution in [0.3, 0.4) is 0 Å². The fourth-order valence-electron chi connectivity index (χ4n) is 4.46. The maximum atomic E-state index is 12.5. The van der Waals surface area contributed by atoms with Crippen LogP contribution in [0.4, 0.5) is 0 Å². The molecule has 0 spiro atoms. The third-order valence-electron chi connectivity index (χ3n) is 5.77. The maximum Gasteiger partial charge on any atom is 0.223 e. The van der Waals surface area contributed by atoms with Crippen molar-refractivity contribution in [3.8, 4) is 0 Å². The van der Waals surface area contributed by atoms with Crippen molar-refractivity contribution in [2.24, 2.45) is 5.41 Å². The lowest BCUT2D eigenvalue weighted by Gasteiger charge is -2.50. The molecule has 2 aromatic rings. The fraction of sp³-hybridized carbons (Fsp3) is 0.421. The number of aromatic amines is 1. The van der Waals surface area contributed by atoms with Crippen molar-refractivity contribution in [3.63, 3.8) is 0 Å². The summed E-state index contributed by atoms with van der Waals surface area (Å²) in [5.74, 6) is 0.292. The summed E-state index contributed by atoms with van der Waals surface area (Å²) in [6, 6.07) is 8.59. The first-order valence-electron chi connectivity index (χ1n) is 8.23. The molecule has 0 radical (unpaired) electrons. The summed E-state index contributed by atoms with van der Waals surface area (Å²) < 4.78 is 0. The molecule has 22 heavy (non-hydrogen) atoms. The van der Waals surface area contributed by atoms with Crippen LogP contribution in [0, 0.1) is 5.41 Å². The lowest BCUT2D eigenvalue weighted by Crippen LogP contribution is -2.51. The van der Waals surface area contributed by atoms with Gasteiger partial charge in [-0.05, 0) is 30.9 Å². The average Bonchev–Trinajstić information content (AvgIpc) is 2.94. The number of piperidine rings is 1. The predicted molar refractivity (Wildman–Crippen MR) is 88.6 cm³/mol. The van der Waals surface area contributed by atoms with Crippen LogP contribution in [-0.2, 0) is 11.2 Å². The lowest BCUT2D eigenvalue weighted by molar-refractivity contribution is -0.142. The molecule has 1 aromatic carbocycles. The third-order valence-corrected chi connectivity index (χ3v) is 5.77. The van der Waals surface area contributed by atoms with Gasteiger partial charge in [0.25, 0.3) is 0 Å². The Labute approximate surface area is 131 Å². The van der Waals surface area contributed by atoms with E-state index in [9.17, 15) is 4.79 Å². The van der Waals surface area contributed by atoms with Crippen molar-refractivity contribution in [3.05, 3.63) is 48.2 Å². The minimum atomic E-state index is -0.00996. The van der Waals surface area contributed by atoms with Gasteiger partial charge in [0.15, 0.2) is 0 Å². The Morgan fingerprint density at radius 1 is 1.41 bits per heavy atom. The molecule has 0 aliphatic carbocycles. The summed E-state index contributed by atoms with van der Waals surface area (Å²) in [6.45, 7) is 7.16. The highest BCUT2D eigenvalue weighted by molar-refractivity contribution is 5.86. The Morgan fingerprint density at radius 2 is 2.23 bits per heavy atom. The molecule has 3 heteroatoms. The Bertz CT molecular complexity index is 760. The number of H-pyrrole nitrogens is 1. The number of hydrogen-bond donors (Lipinski definition) is 1. The zero-order valence-electron chi connectivity index (χ0n) is 13.1. The van der Waals surface area contributed by atoms with Crippen LogP contribution in [0.2, 0.25) is 0 Å². The van der Waals surface area contributed by atoms with Crippen LogP contribution < -0.4 is 0 Å². The molecule has 0 bridgehead atoms. The summed E-state index contributed by atoms with van der Waals surface area (Å²) in [5.41, 5.74) is 3.80.